The lowest BCUT2D eigenvalue weighted by Crippen LogP contribution is -2.48. The van der Waals surface area contributed by atoms with Crippen LogP contribution < -0.4 is 10.9 Å². The summed E-state index contributed by atoms with van der Waals surface area (Å²) in [6, 6.07) is 2.64. The molecule has 1 aromatic carbocycles. The molecule has 1 saturated heterocycles. The van der Waals surface area contributed by atoms with Gasteiger partial charge in [0.05, 0.1) is 5.56 Å². The fraction of sp³-hybridized carbons (Fsp3) is 0.400. The molecule has 2 rings (SSSR count). The van der Waals surface area contributed by atoms with Crippen molar-refractivity contribution >= 4 is 17.9 Å². The molecular formula is C15H17F2N3O4. The second kappa shape index (κ2) is 7.71. The van der Waals surface area contributed by atoms with Crippen molar-refractivity contribution in [1.82, 2.24) is 15.8 Å². The van der Waals surface area contributed by atoms with Gasteiger partial charge in [-0.3, -0.25) is 20.4 Å². The molecule has 1 heterocycles. The van der Waals surface area contributed by atoms with Crippen LogP contribution in [-0.4, -0.2) is 40.5 Å². The molecule has 0 spiro atoms. The van der Waals surface area contributed by atoms with Crippen molar-refractivity contribution in [2.24, 2.45) is 0 Å². The van der Waals surface area contributed by atoms with Gasteiger partial charge in [-0.1, -0.05) is 6.07 Å². The molecule has 0 saturated carbocycles. The van der Waals surface area contributed by atoms with Crippen molar-refractivity contribution < 1.29 is 28.3 Å². The summed E-state index contributed by atoms with van der Waals surface area (Å²) in [5.41, 5.74) is 3.53. The molecule has 0 aromatic heterocycles. The topological polar surface area (TPSA) is 98.7 Å². The fourth-order valence-electron chi connectivity index (χ4n) is 2.60. The third-order valence-electron chi connectivity index (χ3n) is 3.81. The molecule has 1 fully saturated rings. The van der Waals surface area contributed by atoms with Crippen LogP contribution in [0.15, 0.2) is 18.2 Å². The average Bonchev–Trinajstić information content (AvgIpc) is 2.55. The van der Waals surface area contributed by atoms with Gasteiger partial charge in [0, 0.05) is 19.0 Å². The lowest BCUT2D eigenvalue weighted by Gasteiger charge is -2.33. The third kappa shape index (κ3) is 4.18. The van der Waals surface area contributed by atoms with Gasteiger partial charge >= 0.3 is 6.09 Å². The monoisotopic (exact) mass is 341 g/mol. The van der Waals surface area contributed by atoms with Gasteiger partial charge in [0.15, 0.2) is 11.6 Å². The SMILES string of the molecule is O=C(CC1CCCCN1C(=O)O)NNC(=O)c1cccc(F)c1F. The van der Waals surface area contributed by atoms with E-state index in [-0.39, 0.29) is 6.42 Å². The largest absolute Gasteiger partial charge is 0.465 e. The number of nitrogens with zero attached hydrogens (tertiary/aromatic N) is 1. The van der Waals surface area contributed by atoms with E-state index in [1.165, 1.54) is 11.0 Å². The molecule has 0 radical (unpaired) electrons. The average molecular weight is 341 g/mol. The van der Waals surface area contributed by atoms with Crippen molar-refractivity contribution in [3.63, 3.8) is 0 Å². The number of nitrogens with one attached hydrogen (secondary N) is 2. The highest BCUT2D eigenvalue weighted by atomic mass is 19.2. The molecule has 1 aliphatic heterocycles. The van der Waals surface area contributed by atoms with Crippen LogP contribution in [0.25, 0.3) is 0 Å². The first-order valence-electron chi connectivity index (χ1n) is 7.43. The highest BCUT2D eigenvalue weighted by molar-refractivity contribution is 5.95. The summed E-state index contributed by atoms with van der Waals surface area (Å²) in [5.74, 6) is -4.10. The number of hydrogen-bond donors (Lipinski definition) is 3. The number of carboxylic acid groups (broad SMARTS) is 1. The highest BCUT2D eigenvalue weighted by Gasteiger charge is 2.28. The molecule has 0 bridgehead atoms. The van der Waals surface area contributed by atoms with E-state index in [2.05, 4.69) is 5.43 Å². The maximum Gasteiger partial charge on any atom is 0.407 e. The minimum Gasteiger partial charge on any atom is -0.465 e. The summed E-state index contributed by atoms with van der Waals surface area (Å²) < 4.78 is 26.5. The summed E-state index contributed by atoms with van der Waals surface area (Å²) in [6.45, 7) is 0.355. The van der Waals surface area contributed by atoms with E-state index in [9.17, 15) is 23.2 Å². The zero-order chi connectivity index (χ0) is 17.7. The third-order valence-corrected chi connectivity index (χ3v) is 3.81. The van der Waals surface area contributed by atoms with Crippen molar-refractivity contribution in [2.75, 3.05) is 6.54 Å². The molecule has 0 aliphatic carbocycles. The Balaban J connectivity index is 1.89. The molecule has 1 aliphatic rings. The van der Waals surface area contributed by atoms with Crippen LogP contribution >= 0.6 is 0 Å². The van der Waals surface area contributed by atoms with E-state index in [1.807, 2.05) is 5.43 Å². The van der Waals surface area contributed by atoms with Crippen LogP contribution in [0.2, 0.25) is 0 Å². The molecular weight excluding hydrogens is 324 g/mol. The second-order valence-corrected chi connectivity index (χ2v) is 5.43. The molecule has 130 valence electrons. The Kier molecular flexibility index (Phi) is 5.67. The number of carbonyl (C=O) groups is 3. The van der Waals surface area contributed by atoms with Crippen molar-refractivity contribution in [3.8, 4) is 0 Å². The van der Waals surface area contributed by atoms with Crippen LogP contribution in [0.1, 0.15) is 36.0 Å². The van der Waals surface area contributed by atoms with Gasteiger partial charge in [0.2, 0.25) is 5.91 Å². The molecule has 1 aromatic rings. The maximum atomic E-state index is 13.5. The van der Waals surface area contributed by atoms with Gasteiger partial charge < -0.3 is 10.0 Å². The Labute approximate surface area is 136 Å². The van der Waals surface area contributed by atoms with E-state index in [0.29, 0.717) is 13.0 Å². The number of likely N-dealkylation sites (tertiary alicyclic amines) is 1. The number of hydrazine groups is 1. The van der Waals surface area contributed by atoms with E-state index < -0.39 is 41.1 Å². The van der Waals surface area contributed by atoms with Gasteiger partial charge in [-0.15, -0.1) is 0 Å². The number of benzene rings is 1. The van der Waals surface area contributed by atoms with Crippen LogP contribution in [0.4, 0.5) is 13.6 Å². The number of rotatable bonds is 3. The zero-order valence-electron chi connectivity index (χ0n) is 12.7. The van der Waals surface area contributed by atoms with Gasteiger partial charge in [0.25, 0.3) is 5.91 Å². The van der Waals surface area contributed by atoms with E-state index in [0.717, 1.165) is 25.0 Å². The Morgan fingerprint density at radius 1 is 1.21 bits per heavy atom. The number of piperidine rings is 1. The Hall–Kier alpha value is -2.71. The summed E-state index contributed by atoms with van der Waals surface area (Å²) in [7, 11) is 0. The van der Waals surface area contributed by atoms with E-state index in [4.69, 9.17) is 5.11 Å². The minimum atomic E-state index is -1.31. The smallest absolute Gasteiger partial charge is 0.407 e. The minimum absolute atomic E-state index is 0.127. The van der Waals surface area contributed by atoms with Gasteiger partial charge in [-0.25, -0.2) is 13.6 Å². The van der Waals surface area contributed by atoms with Crippen LogP contribution in [-0.2, 0) is 4.79 Å². The molecule has 9 heteroatoms. The summed E-state index contributed by atoms with van der Waals surface area (Å²) in [6.07, 6.45) is 0.867. The lowest BCUT2D eigenvalue weighted by atomic mass is 10.00. The van der Waals surface area contributed by atoms with Gasteiger partial charge in [0.1, 0.15) is 0 Å². The molecule has 3 amide bonds. The van der Waals surface area contributed by atoms with Crippen LogP contribution in [0, 0.1) is 11.6 Å². The first-order chi connectivity index (χ1) is 11.4. The number of halogens is 2. The predicted molar refractivity (Wildman–Crippen MR) is 79.0 cm³/mol. The Bertz CT molecular complexity index is 654. The molecule has 1 unspecified atom stereocenters. The van der Waals surface area contributed by atoms with E-state index in [1.54, 1.807) is 0 Å². The summed E-state index contributed by atoms with van der Waals surface area (Å²) in [5, 5.41) is 9.09. The molecule has 24 heavy (non-hydrogen) atoms. The summed E-state index contributed by atoms with van der Waals surface area (Å²) >= 11 is 0. The lowest BCUT2D eigenvalue weighted by molar-refractivity contribution is -0.123. The maximum absolute atomic E-state index is 13.5. The Morgan fingerprint density at radius 2 is 1.96 bits per heavy atom. The first kappa shape index (κ1) is 17.6. The number of hydrogen-bond acceptors (Lipinski definition) is 3. The fourth-order valence-corrected chi connectivity index (χ4v) is 2.60. The molecule has 3 N–H and O–H groups in total. The van der Waals surface area contributed by atoms with Crippen molar-refractivity contribution in [2.45, 2.75) is 31.7 Å². The standard InChI is InChI=1S/C15H17F2N3O4/c16-11-6-3-5-10(13(11)17)14(22)19-18-12(21)8-9-4-1-2-7-20(9)15(23)24/h3,5-6,9H,1-2,4,7-8H2,(H,18,21)(H,19,22)(H,23,24). The van der Waals surface area contributed by atoms with Crippen LogP contribution in [0.5, 0.6) is 0 Å². The molecule has 1 atom stereocenters. The normalized spacial score (nSPS) is 17.2. The number of carbonyl (C=O) groups excluding carboxylic acids is 2. The van der Waals surface area contributed by atoms with Gasteiger partial charge in [-0.2, -0.15) is 0 Å². The van der Waals surface area contributed by atoms with E-state index >= 15 is 0 Å². The first-order valence-corrected chi connectivity index (χ1v) is 7.43. The predicted octanol–water partition coefficient (Wildman–Crippen LogP) is 1.65. The quantitative estimate of drug-likeness (QED) is 0.728. The van der Waals surface area contributed by atoms with Crippen LogP contribution in [0.3, 0.4) is 0 Å². The van der Waals surface area contributed by atoms with Gasteiger partial charge in [-0.05, 0) is 31.4 Å². The number of amides is 3. The molecule has 7 nitrogen and oxygen atoms in total. The zero-order valence-corrected chi connectivity index (χ0v) is 12.7. The van der Waals surface area contributed by atoms with Crippen molar-refractivity contribution in [3.05, 3.63) is 35.4 Å². The highest BCUT2D eigenvalue weighted by Crippen LogP contribution is 2.19. The van der Waals surface area contributed by atoms with Crippen molar-refractivity contribution in [1.29, 1.82) is 0 Å². The second-order valence-electron chi connectivity index (χ2n) is 5.43. The summed E-state index contributed by atoms with van der Waals surface area (Å²) in [4.78, 5) is 35.9. The Morgan fingerprint density at radius 3 is 2.67 bits per heavy atom.